The van der Waals surface area contributed by atoms with Crippen molar-refractivity contribution < 1.29 is 14.5 Å². The van der Waals surface area contributed by atoms with Gasteiger partial charge in [-0.25, -0.2) is 4.98 Å². The fraction of sp³-hybridized carbons (Fsp3) is 0.417. The van der Waals surface area contributed by atoms with Gasteiger partial charge in [0.15, 0.2) is 0 Å². The van der Waals surface area contributed by atoms with E-state index in [2.05, 4.69) is 10.3 Å². The van der Waals surface area contributed by atoms with Gasteiger partial charge in [-0.15, -0.1) is 0 Å². The van der Waals surface area contributed by atoms with Gasteiger partial charge in [0.25, 0.3) is 5.69 Å². The molecule has 0 unspecified atom stereocenters. The molecular weight excluding hydrogens is 264 g/mol. The number of anilines is 1. The number of hydrogen-bond donors (Lipinski definition) is 1. The molecule has 0 spiro atoms. The molecule has 20 heavy (non-hydrogen) atoms. The number of hydrogen-bond acceptors (Lipinski definition) is 7. The summed E-state index contributed by atoms with van der Waals surface area (Å²) < 4.78 is 4.77. The fourth-order valence-corrected chi connectivity index (χ4v) is 1.45. The van der Waals surface area contributed by atoms with Crippen molar-refractivity contribution in [3.05, 3.63) is 27.9 Å². The van der Waals surface area contributed by atoms with Crippen LogP contribution in [0.5, 0.6) is 0 Å². The van der Waals surface area contributed by atoms with Crippen LogP contribution in [-0.4, -0.2) is 29.0 Å². The standard InChI is InChI=1S/C12H14N4O4/c1-2-20-11(17)4-3-5-14-12-9(7-13)6-10(8-15-12)16(18)19/h6,8H,2-5H2,1H3,(H,14,15). The van der Waals surface area contributed by atoms with E-state index < -0.39 is 4.92 Å². The molecule has 0 fully saturated rings. The summed E-state index contributed by atoms with van der Waals surface area (Å²) in [6, 6.07) is 2.99. The van der Waals surface area contributed by atoms with Crippen LogP contribution in [0.1, 0.15) is 25.3 Å². The molecular formula is C12H14N4O4. The van der Waals surface area contributed by atoms with E-state index in [1.807, 2.05) is 6.07 Å². The zero-order valence-corrected chi connectivity index (χ0v) is 11.0. The minimum Gasteiger partial charge on any atom is -0.466 e. The Hall–Kier alpha value is -2.69. The quantitative estimate of drug-likeness (QED) is 0.348. The van der Waals surface area contributed by atoms with Crippen LogP contribution in [0.4, 0.5) is 11.5 Å². The van der Waals surface area contributed by atoms with Crippen molar-refractivity contribution in [3.63, 3.8) is 0 Å². The maximum atomic E-state index is 11.1. The molecule has 1 N–H and O–H groups in total. The van der Waals surface area contributed by atoms with Gasteiger partial charge >= 0.3 is 5.97 Å². The highest BCUT2D eigenvalue weighted by atomic mass is 16.6. The van der Waals surface area contributed by atoms with E-state index in [1.54, 1.807) is 6.92 Å². The van der Waals surface area contributed by atoms with Crippen LogP contribution in [0.25, 0.3) is 0 Å². The molecule has 0 aliphatic heterocycles. The van der Waals surface area contributed by atoms with Gasteiger partial charge in [-0.3, -0.25) is 14.9 Å². The molecule has 0 saturated heterocycles. The summed E-state index contributed by atoms with van der Waals surface area (Å²) in [6.45, 7) is 2.49. The molecule has 0 aromatic carbocycles. The van der Waals surface area contributed by atoms with E-state index in [9.17, 15) is 14.9 Å². The van der Waals surface area contributed by atoms with Gasteiger partial charge in [-0.05, 0) is 13.3 Å². The lowest BCUT2D eigenvalue weighted by Crippen LogP contribution is -2.09. The van der Waals surface area contributed by atoms with E-state index in [-0.39, 0.29) is 29.5 Å². The molecule has 1 aromatic rings. The van der Waals surface area contributed by atoms with Gasteiger partial charge in [0.2, 0.25) is 0 Å². The number of nitro groups is 1. The predicted octanol–water partition coefficient (Wildman–Crippen LogP) is 1.62. The van der Waals surface area contributed by atoms with Crippen LogP contribution in [-0.2, 0) is 9.53 Å². The summed E-state index contributed by atoms with van der Waals surface area (Å²) >= 11 is 0. The average molecular weight is 278 g/mol. The summed E-state index contributed by atoms with van der Waals surface area (Å²) in [5.41, 5.74) is -0.144. The monoisotopic (exact) mass is 278 g/mol. The van der Waals surface area contributed by atoms with Crippen LogP contribution in [0.2, 0.25) is 0 Å². The van der Waals surface area contributed by atoms with Crippen molar-refractivity contribution in [2.24, 2.45) is 0 Å². The molecule has 0 atom stereocenters. The number of nitrogens with zero attached hydrogens (tertiary/aromatic N) is 3. The number of rotatable bonds is 7. The first kappa shape index (κ1) is 15.4. The Morgan fingerprint density at radius 1 is 1.65 bits per heavy atom. The third-order valence-corrected chi connectivity index (χ3v) is 2.36. The molecule has 0 radical (unpaired) electrons. The van der Waals surface area contributed by atoms with Crippen LogP contribution in [0.3, 0.4) is 0 Å². The topological polar surface area (TPSA) is 118 Å². The summed E-state index contributed by atoms with van der Waals surface area (Å²) in [7, 11) is 0. The highest BCUT2D eigenvalue weighted by Gasteiger charge is 2.11. The predicted molar refractivity (Wildman–Crippen MR) is 70.0 cm³/mol. The largest absolute Gasteiger partial charge is 0.466 e. The van der Waals surface area contributed by atoms with Crippen LogP contribution in [0, 0.1) is 21.4 Å². The smallest absolute Gasteiger partial charge is 0.305 e. The highest BCUT2D eigenvalue weighted by Crippen LogP contribution is 2.18. The number of aromatic nitrogens is 1. The normalized spacial score (nSPS) is 9.60. The summed E-state index contributed by atoms with van der Waals surface area (Å²) in [6.07, 6.45) is 1.85. The van der Waals surface area contributed by atoms with E-state index in [0.29, 0.717) is 19.6 Å². The maximum absolute atomic E-state index is 11.1. The molecule has 0 bridgehead atoms. The first-order valence-corrected chi connectivity index (χ1v) is 6.02. The van der Waals surface area contributed by atoms with Crippen molar-refractivity contribution in [1.82, 2.24) is 4.98 Å². The second-order valence-corrected chi connectivity index (χ2v) is 3.79. The van der Waals surface area contributed by atoms with Crippen molar-refractivity contribution in [1.29, 1.82) is 5.26 Å². The summed E-state index contributed by atoms with van der Waals surface area (Å²) in [5, 5.41) is 22.3. The maximum Gasteiger partial charge on any atom is 0.305 e. The Labute approximate surface area is 115 Å². The first-order chi connectivity index (χ1) is 9.58. The summed E-state index contributed by atoms with van der Waals surface area (Å²) in [4.78, 5) is 24.9. The van der Waals surface area contributed by atoms with E-state index in [0.717, 1.165) is 12.3 Å². The number of esters is 1. The van der Waals surface area contributed by atoms with E-state index >= 15 is 0 Å². The number of pyridine rings is 1. The number of carbonyl (C=O) groups is 1. The SMILES string of the molecule is CCOC(=O)CCCNc1ncc([N+](=O)[O-])cc1C#N. The van der Waals surface area contributed by atoms with Crippen molar-refractivity contribution in [3.8, 4) is 6.07 Å². The lowest BCUT2D eigenvalue weighted by Gasteiger charge is -2.06. The molecule has 8 heteroatoms. The molecule has 8 nitrogen and oxygen atoms in total. The number of ether oxygens (including phenoxy) is 1. The third kappa shape index (κ3) is 4.53. The molecule has 0 aliphatic carbocycles. The molecule has 0 saturated carbocycles. The van der Waals surface area contributed by atoms with Gasteiger partial charge in [-0.1, -0.05) is 0 Å². The van der Waals surface area contributed by atoms with Crippen molar-refractivity contribution >= 4 is 17.5 Å². The Morgan fingerprint density at radius 3 is 3.00 bits per heavy atom. The minimum absolute atomic E-state index is 0.0929. The average Bonchev–Trinajstić information content (AvgIpc) is 2.43. The molecule has 0 aliphatic rings. The molecule has 1 heterocycles. The minimum atomic E-state index is -0.613. The summed E-state index contributed by atoms with van der Waals surface area (Å²) in [5.74, 6) is -0.0200. The van der Waals surface area contributed by atoms with Gasteiger partial charge in [0.1, 0.15) is 23.6 Å². The zero-order chi connectivity index (χ0) is 15.0. The molecule has 1 rings (SSSR count). The van der Waals surface area contributed by atoms with Crippen molar-refractivity contribution in [2.45, 2.75) is 19.8 Å². The second-order valence-electron chi connectivity index (χ2n) is 3.79. The van der Waals surface area contributed by atoms with E-state index in [1.165, 1.54) is 0 Å². The lowest BCUT2D eigenvalue weighted by atomic mass is 10.2. The van der Waals surface area contributed by atoms with Crippen LogP contribution < -0.4 is 5.32 Å². The first-order valence-electron chi connectivity index (χ1n) is 6.02. The Kier molecular flexibility index (Phi) is 5.90. The van der Waals surface area contributed by atoms with Gasteiger partial charge in [0, 0.05) is 19.0 Å². The van der Waals surface area contributed by atoms with E-state index in [4.69, 9.17) is 10.00 Å². The van der Waals surface area contributed by atoms with Gasteiger partial charge in [0.05, 0.1) is 11.5 Å². The van der Waals surface area contributed by atoms with Crippen molar-refractivity contribution in [2.75, 3.05) is 18.5 Å². The third-order valence-electron chi connectivity index (χ3n) is 2.36. The molecule has 1 aromatic heterocycles. The zero-order valence-electron chi connectivity index (χ0n) is 11.0. The van der Waals surface area contributed by atoms with Crippen LogP contribution >= 0.6 is 0 Å². The molecule has 0 amide bonds. The molecule has 106 valence electrons. The number of nitriles is 1. The highest BCUT2D eigenvalue weighted by molar-refractivity contribution is 5.69. The lowest BCUT2D eigenvalue weighted by molar-refractivity contribution is -0.385. The fourth-order valence-electron chi connectivity index (χ4n) is 1.45. The second kappa shape index (κ2) is 7.68. The van der Waals surface area contributed by atoms with Gasteiger partial charge in [-0.2, -0.15) is 5.26 Å². The number of nitrogens with one attached hydrogen (secondary N) is 1. The van der Waals surface area contributed by atoms with Gasteiger partial charge < -0.3 is 10.1 Å². The van der Waals surface area contributed by atoms with Crippen LogP contribution in [0.15, 0.2) is 12.3 Å². The Bertz CT molecular complexity index is 539. The number of carbonyl (C=O) groups excluding carboxylic acids is 1. The Balaban J connectivity index is 2.54. The Morgan fingerprint density at radius 2 is 2.40 bits per heavy atom.